The monoisotopic (exact) mass is 536 g/mol. The van der Waals surface area contributed by atoms with Gasteiger partial charge in [0, 0.05) is 35.8 Å². The minimum absolute atomic E-state index is 0.00942. The van der Waals surface area contributed by atoms with Crippen LogP contribution < -0.4 is 5.32 Å². The van der Waals surface area contributed by atoms with E-state index in [1.165, 1.54) is 5.56 Å². The molecular weight excluding hydrogens is 500 g/mol. The van der Waals surface area contributed by atoms with Crippen molar-refractivity contribution in [3.63, 3.8) is 0 Å². The molecule has 206 valence electrons. The zero-order valence-corrected chi connectivity index (χ0v) is 22.9. The van der Waals surface area contributed by atoms with Gasteiger partial charge in [-0.05, 0) is 54.9 Å². The Bertz CT molecular complexity index is 1360. The van der Waals surface area contributed by atoms with E-state index in [-0.39, 0.29) is 30.8 Å². The van der Waals surface area contributed by atoms with Crippen LogP contribution in [-0.2, 0) is 16.1 Å². The number of anilines is 1. The van der Waals surface area contributed by atoms with Crippen LogP contribution in [0.5, 0.6) is 0 Å². The van der Waals surface area contributed by atoms with E-state index < -0.39 is 6.29 Å². The highest BCUT2D eigenvalue weighted by Crippen LogP contribution is 2.39. The number of carbonyl (C=O) groups excluding carboxylic acids is 1. The molecule has 0 aliphatic carbocycles. The molecule has 1 fully saturated rings. The van der Waals surface area contributed by atoms with Gasteiger partial charge in [-0.1, -0.05) is 84.9 Å². The molecule has 1 aliphatic heterocycles. The number of carbonyl (C=O) groups is 1. The molecule has 0 saturated carbocycles. The van der Waals surface area contributed by atoms with E-state index in [1.807, 2.05) is 72.8 Å². The maximum absolute atomic E-state index is 12.6. The lowest BCUT2D eigenvalue weighted by molar-refractivity contribution is -0.253. The molecule has 0 unspecified atom stereocenters. The van der Waals surface area contributed by atoms with Gasteiger partial charge < -0.3 is 19.9 Å². The summed E-state index contributed by atoms with van der Waals surface area (Å²) < 4.78 is 13.0. The standard InChI is InChI=1S/C34H36N2O4/c1-24(26-9-5-3-6-10-26)36(2)22-31-21-32(27-15-13-25(23-37)14-16-27)40-34(39-31)29-17-19-30(20-18-29)35-33(38)28-11-7-4-8-12-28/h3-20,24,31-32,34,37H,21-23H2,1-2H3,(H,35,38)/t24-,31-,32+,34+/m0/s1. The van der Waals surface area contributed by atoms with Crippen LogP contribution in [0.2, 0.25) is 0 Å². The molecule has 2 N–H and O–H groups in total. The lowest BCUT2D eigenvalue weighted by atomic mass is 9.99. The maximum atomic E-state index is 12.6. The van der Waals surface area contributed by atoms with Gasteiger partial charge in [-0.2, -0.15) is 0 Å². The zero-order valence-electron chi connectivity index (χ0n) is 22.9. The van der Waals surface area contributed by atoms with E-state index in [9.17, 15) is 9.90 Å². The van der Waals surface area contributed by atoms with E-state index in [0.717, 1.165) is 23.2 Å². The lowest BCUT2D eigenvalue weighted by Gasteiger charge is -2.39. The molecule has 1 heterocycles. The normalized spacial score (nSPS) is 19.8. The SMILES string of the molecule is C[C@@H](c1ccccc1)N(C)C[C@@H]1C[C@H](c2ccc(CO)cc2)O[C@H](c2ccc(NC(=O)c3ccccc3)cc2)O1. The average molecular weight is 537 g/mol. The Labute approximate surface area is 236 Å². The molecule has 4 atom stereocenters. The van der Waals surface area contributed by atoms with Gasteiger partial charge in [0.25, 0.3) is 5.91 Å². The Kier molecular flexibility index (Phi) is 9.04. The molecule has 5 rings (SSSR count). The fraction of sp³-hybridized carbons (Fsp3) is 0.265. The van der Waals surface area contributed by atoms with Crippen molar-refractivity contribution in [1.82, 2.24) is 4.90 Å². The smallest absolute Gasteiger partial charge is 0.255 e. The molecule has 6 nitrogen and oxygen atoms in total. The molecule has 0 radical (unpaired) electrons. The molecule has 1 amide bonds. The summed E-state index contributed by atoms with van der Waals surface area (Å²) in [7, 11) is 2.13. The van der Waals surface area contributed by atoms with Crippen molar-refractivity contribution < 1.29 is 19.4 Å². The first-order chi connectivity index (χ1) is 19.5. The average Bonchev–Trinajstić information content (AvgIpc) is 3.01. The van der Waals surface area contributed by atoms with E-state index in [4.69, 9.17) is 9.47 Å². The summed E-state index contributed by atoms with van der Waals surface area (Å²) in [5.74, 6) is -0.152. The predicted octanol–water partition coefficient (Wildman–Crippen LogP) is 6.67. The number of likely N-dealkylation sites (N-methyl/N-ethyl adjacent to an activating group) is 1. The van der Waals surface area contributed by atoms with Gasteiger partial charge >= 0.3 is 0 Å². The number of nitrogens with one attached hydrogen (secondary N) is 1. The first kappa shape index (κ1) is 27.7. The highest BCUT2D eigenvalue weighted by molar-refractivity contribution is 6.04. The van der Waals surface area contributed by atoms with E-state index in [1.54, 1.807) is 12.1 Å². The summed E-state index contributed by atoms with van der Waals surface area (Å²) in [6.07, 6.45) is -0.0590. The second kappa shape index (κ2) is 13.0. The van der Waals surface area contributed by atoms with Gasteiger partial charge in [0.15, 0.2) is 6.29 Å². The first-order valence-electron chi connectivity index (χ1n) is 13.7. The van der Waals surface area contributed by atoms with Crippen LogP contribution in [0.1, 0.15) is 64.4 Å². The van der Waals surface area contributed by atoms with Crippen LogP contribution in [0.3, 0.4) is 0 Å². The Balaban J connectivity index is 1.32. The molecule has 1 saturated heterocycles. The number of rotatable bonds is 9. The summed E-state index contributed by atoms with van der Waals surface area (Å²) in [5.41, 5.74) is 5.39. The lowest BCUT2D eigenvalue weighted by Crippen LogP contribution is -2.38. The summed E-state index contributed by atoms with van der Waals surface area (Å²) in [5, 5.41) is 12.4. The number of nitrogens with zero attached hydrogens (tertiary/aromatic N) is 1. The van der Waals surface area contributed by atoms with Crippen molar-refractivity contribution in [2.45, 2.75) is 44.5 Å². The van der Waals surface area contributed by atoms with E-state index in [0.29, 0.717) is 17.7 Å². The number of hydrogen-bond acceptors (Lipinski definition) is 5. The molecule has 0 spiro atoms. The number of hydrogen-bond donors (Lipinski definition) is 2. The Hall–Kier alpha value is -3.81. The van der Waals surface area contributed by atoms with Crippen molar-refractivity contribution in [2.75, 3.05) is 18.9 Å². The predicted molar refractivity (Wildman–Crippen MR) is 157 cm³/mol. The van der Waals surface area contributed by atoms with E-state index >= 15 is 0 Å². The Morgan fingerprint density at radius 1 is 0.875 bits per heavy atom. The van der Waals surface area contributed by atoms with Crippen molar-refractivity contribution in [1.29, 1.82) is 0 Å². The molecule has 0 bridgehead atoms. The maximum Gasteiger partial charge on any atom is 0.255 e. The van der Waals surface area contributed by atoms with Gasteiger partial charge in [-0.3, -0.25) is 9.69 Å². The second-order valence-electron chi connectivity index (χ2n) is 10.3. The van der Waals surface area contributed by atoms with Gasteiger partial charge in [0.2, 0.25) is 0 Å². The molecule has 1 aliphatic rings. The van der Waals surface area contributed by atoms with Gasteiger partial charge in [-0.25, -0.2) is 0 Å². The van der Waals surface area contributed by atoms with E-state index in [2.05, 4.69) is 48.5 Å². The number of ether oxygens (including phenoxy) is 2. The van der Waals surface area contributed by atoms with Gasteiger partial charge in [0.05, 0.1) is 18.8 Å². The topological polar surface area (TPSA) is 71.0 Å². The summed E-state index contributed by atoms with van der Waals surface area (Å²) >= 11 is 0. The van der Waals surface area contributed by atoms with Crippen molar-refractivity contribution in [2.24, 2.45) is 0 Å². The molecule has 4 aromatic rings. The highest BCUT2D eigenvalue weighted by Gasteiger charge is 2.33. The summed E-state index contributed by atoms with van der Waals surface area (Å²) in [6.45, 7) is 2.96. The quantitative estimate of drug-likeness (QED) is 0.250. The van der Waals surface area contributed by atoms with Crippen LogP contribution in [0.25, 0.3) is 0 Å². The second-order valence-corrected chi connectivity index (χ2v) is 10.3. The third kappa shape index (κ3) is 6.84. The fourth-order valence-electron chi connectivity index (χ4n) is 5.01. The van der Waals surface area contributed by atoms with Crippen LogP contribution in [0, 0.1) is 0 Å². The van der Waals surface area contributed by atoms with Crippen molar-refractivity contribution in [3.05, 3.63) is 137 Å². The highest BCUT2D eigenvalue weighted by atomic mass is 16.7. The van der Waals surface area contributed by atoms with Crippen LogP contribution in [-0.4, -0.2) is 35.6 Å². The van der Waals surface area contributed by atoms with Crippen LogP contribution in [0.15, 0.2) is 109 Å². The third-order valence-electron chi connectivity index (χ3n) is 7.53. The number of aliphatic hydroxyl groups is 1. The summed E-state index contributed by atoms with van der Waals surface area (Å²) in [6, 6.07) is 35.4. The van der Waals surface area contributed by atoms with Crippen LogP contribution in [0.4, 0.5) is 5.69 Å². The largest absolute Gasteiger partial charge is 0.392 e. The number of aliphatic hydroxyl groups excluding tert-OH is 1. The number of amides is 1. The minimum Gasteiger partial charge on any atom is -0.392 e. The Morgan fingerprint density at radius 2 is 1.50 bits per heavy atom. The van der Waals surface area contributed by atoms with Gasteiger partial charge in [-0.15, -0.1) is 0 Å². The molecular formula is C34H36N2O4. The Morgan fingerprint density at radius 3 is 2.15 bits per heavy atom. The minimum atomic E-state index is -0.555. The van der Waals surface area contributed by atoms with Crippen LogP contribution >= 0.6 is 0 Å². The molecule has 6 heteroatoms. The molecule has 4 aromatic carbocycles. The molecule has 0 aromatic heterocycles. The fourth-order valence-corrected chi connectivity index (χ4v) is 5.01. The third-order valence-corrected chi connectivity index (χ3v) is 7.53. The van der Waals surface area contributed by atoms with Crippen molar-refractivity contribution in [3.8, 4) is 0 Å². The van der Waals surface area contributed by atoms with Gasteiger partial charge in [0.1, 0.15) is 0 Å². The number of benzene rings is 4. The summed E-state index contributed by atoms with van der Waals surface area (Å²) in [4.78, 5) is 14.9. The van der Waals surface area contributed by atoms with Crippen molar-refractivity contribution >= 4 is 11.6 Å². The molecule has 40 heavy (non-hydrogen) atoms. The zero-order chi connectivity index (χ0) is 27.9. The first-order valence-corrected chi connectivity index (χ1v) is 13.7.